The summed E-state index contributed by atoms with van der Waals surface area (Å²) in [7, 11) is 0. The van der Waals surface area contributed by atoms with Crippen LogP contribution < -0.4 is 0 Å². The summed E-state index contributed by atoms with van der Waals surface area (Å²) in [6, 6.07) is 10.1. The first-order valence-corrected chi connectivity index (χ1v) is 5.82. The first-order valence-electron chi connectivity index (χ1n) is 5.45. The average Bonchev–Trinajstić information content (AvgIpc) is 2.75. The molecule has 2 aromatic heterocycles. The summed E-state index contributed by atoms with van der Waals surface area (Å²) < 4.78 is 15.4. The smallest absolute Gasteiger partial charge is 0.161 e. The van der Waals surface area contributed by atoms with Gasteiger partial charge in [-0.25, -0.2) is 14.4 Å². The maximum atomic E-state index is 13.6. The van der Waals surface area contributed by atoms with Gasteiger partial charge in [-0.1, -0.05) is 29.8 Å². The number of nitrogens with zero attached hydrogens (tertiary/aromatic N) is 3. The van der Waals surface area contributed by atoms with Crippen molar-refractivity contribution in [1.82, 2.24) is 14.5 Å². The van der Waals surface area contributed by atoms with Gasteiger partial charge in [0, 0.05) is 5.56 Å². The van der Waals surface area contributed by atoms with Crippen molar-refractivity contribution in [3.05, 3.63) is 59.3 Å². The van der Waals surface area contributed by atoms with Crippen LogP contribution in [0.2, 0.25) is 5.15 Å². The van der Waals surface area contributed by atoms with Crippen molar-refractivity contribution in [3.8, 4) is 0 Å². The second-order valence-electron chi connectivity index (χ2n) is 3.94. The number of rotatable bonds is 2. The number of aromatic nitrogens is 3. The molecule has 0 aliphatic rings. The normalized spacial score (nSPS) is 11.0. The van der Waals surface area contributed by atoms with Crippen LogP contribution >= 0.6 is 11.6 Å². The molecule has 0 saturated heterocycles. The molecule has 0 aliphatic heterocycles. The molecule has 3 rings (SSSR count). The van der Waals surface area contributed by atoms with Crippen molar-refractivity contribution < 1.29 is 4.39 Å². The molecule has 0 saturated carbocycles. The second kappa shape index (κ2) is 4.38. The molecule has 90 valence electrons. The Balaban J connectivity index is 2.05. The van der Waals surface area contributed by atoms with Gasteiger partial charge in [0.2, 0.25) is 0 Å². The quantitative estimate of drug-likeness (QED) is 0.663. The van der Waals surface area contributed by atoms with Gasteiger partial charge in [-0.2, -0.15) is 0 Å². The minimum Gasteiger partial charge on any atom is -0.311 e. The van der Waals surface area contributed by atoms with Gasteiger partial charge >= 0.3 is 0 Å². The molecule has 18 heavy (non-hydrogen) atoms. The van der Waals surface area contributed by atoms with E-state index in [0.717, 1.165) is 5.52 Å². The predicted molar refractivity (Wildman–Crippen MR) is 68.0 cm³/mol. The third-order valence-electron chi connectivity index (χ3n) is 2.73. The van der Waals surface area contributed by atoms with E-state index in [1.807, 2.05) is 0 Å². The SMILES string of the molecule is Fc1ccccc1Cn1cnc2ccc(Cl)nc21. The zero-order chi connectivity index (χ0) is 12.5. The van der Waals surface area contributed by atoms with Gasteiger partial charge in [0.25, 0.3) is 0 Å². The maximum Gasteiger partial charge on any atom is 0.161 e. The molecule has 0 unspecified atom stereocenters. The zero-order valence-corrected chi connectivity index (χ0v) is 10.1. The third kappa shape index (κ3) is 1.95. The van der Waals surface area contributed by atoms with E-state index in [9.17, 15) is 4.39 Å². The number of benzene rings is 1. The fourth-order valence-electron chi connectivity index (χ4n) is 1.84. The van der Waals surface area contributed by atoms with Crippen molar-refractivity contribution in [3.63, 3.8) is 0 Å². The predicted octanol–water partition coefficient (Wildman–Crippen LogP) is 3.27. The van der Waals surface area contributed by atoms with E-state index in [-0.39, 0.29) is 5.82 Å². The van der Waals surface area contributed by atoms with Crippen LogP contribution in [0, 0.1) is 5.82 Å². The Hall–Kier alpha value is -1.94. The molecule has 1 aromatic carbocycles. The molecule has 5 heteroatoms. The molecule has 0 aliphatic carbocycles. The fourth-order valence-corrected chi connectivity index (χ4v) is 1.99. The number of halogens is 2. The molecule has 0 atom stereocenters. The summed E-state index contributed by atoms with van der Waals surface area (Å²) >= 11 is 5.86. The molecule has 0 bridgehead atoms. The van der Waals surface area contributed by atoms with Gasteiger partial charge in [0.1, 0.15) is 16.5 Å². The van der Waals surface area contributed by atoms with Gasteiger partial charge in [-0.15, -0.1) is 0 Å². The topological polar surface area (TPSA) is 30.7 Å². The highest BCUT2D eigenvalue weighted by atomic mass is 35.5. The summed E-state index contributed by atoms with van der Waals surface area (Å²) in [6.45, 7) is 0.385. The lowest BCUT2D eigenvalue weighted by Gasteiger charge is -2.05. The van der Waals surface area contributed by atoms with Crippen LogP contribution in [0.15, 0.2) is 42.7 Å². The standard InChI is InChI=1S/C13H9ClFN3/c14-12-6-5-11-13(17-12)18(8-16-11)7-9-3-1-2-4-10(9)15/h1-6,8H,7H2. The van der Waals surface area contributed by atoms with E-state index >= 15 is 0 Å². The number of fused-ring (bicyclic) bond motifs is 1. The van der Waals surface area contributed by atoms with Crippen LogP contribution in [0.5, 0.6) is 0 Å². The van der Waals surface area contributed by atoms with Gasteiger partial charge in [0.05, 0.1) is 12.9 Å². The van der Waals surface area contributed by atoms with Gasteiger partial charge < -0.3 is 4.57 Å². The number of hydrogen-bond acceptors (Lipinski definition) is 2. The van der Waals surface area contributed by atoms with Gasteiger partial charge in [-0.05, 0) is 18.2 Å². The number of imidazole rings is 1. The fraction of sp³-hybridized carbons (Fsp3) is 0.0769. The van der Waals surface area contributed by atoms with E-state index in [1.54, 1.807) is 41.2 Å². The molecule has 0 N–H and O–H groups in total. The lowest BCUT2D eigenvalue weighted by molar-refractivity contribution is 0.601. The van der Waals surface area contributed by atoms with Crippen molar-refractivity contribution in [2.75, 3.05) is 0 Å². The van der Waals surface area contributed by atoms with Crippen molar-refractivity contribution in [2.24, 2.45) is 0 Å². The van der Waals surface area contributed by atoms with E-state index in [4.69, 9.17) is 11.6 Å². The van der Waals surface area contributed by atoms with Crippen LogP contribution in [0.3, 0.4) is 0 Å². The van der Waals surface area contributed by atoms with Gasteiger partial charge in [0.15, 0.2) is 5.65 Å². The molecule has 3 nitrogen and oxygen atoms in total. The average molecular weight is 262 g/mol. The van der Waals surface area contributed by atoms with Crippen LogP contribution in [-0.4, -0.2) is 14.5 Å². The summed E-state index contributed by atoms with van der Waals surface area (Å²) in [5.74, 6) is -0.235. The Bertz CT molecular complexity index is 708. The highest BCUT2D eigenvalue weighted by molar-refractivity contribution is 6.29. The van der Waals surface area contributed by atoms with E-state index in [1.165, 1.54) is 6.07 Å². The van der Waals surface area contributed by atoms with Crippen LogP contribution in [0.1, 0.15) is 5.56 Å². The lowest BCUT2D eigenvalue weighted by atomic mass is 10.2. The van der Waals surface area contributed by atoms with E-state index < -0.39 is 0 Å². The third-order valence-corrected chi connectivity index (χ3v) is 2.94. The molecule has 0 spiro atoms. The summed E-state index contributed by atoms with van der Waals surface area (Å²) in [6.07, 6.45) is 1.64. The Labute approximate surface area is 108 Å². The van der Waals surface area contributed by atoms with Gasteiger partial charge in [-0.3, -0.25) is 0 Å². The summed E-state index contributed by atoms with van der Waals surface area (Å²) in [5, 5.41) is 0.401. The molecular weight excluding hydrogens is 253 g/mol. The van der Waals surface area contributed by atoms with Crippen LogP contribution in [-0.2, 0) is 6.54 Å². The van der Waals surface area contributed by atoms with Crippen LogP contribution in [0.25, 0.3) is 11.2 Å². The monoisotopic (exact) mass is 261 g/mol. The minimum atomic E-state index is -0.235. The molecule has 0 fully saturated rings. The molecule has 0 radical (unpaired) electrons. The van der Waals surface area contributed by atoms with E-state index in [0.29, 0.717) is 22.9 Å². The highest BCUT2D eigenvalue weighted by Crippen LogP contribution is 2.16. The summed E-state index contributed by atoms with van der Waals surface area (Å²) in [4.78, 5) is 8.41. The molecular formula is C13H9ClFN3. The zero-order valence-electron chi connectivity index (χ0n) is 9.35. The Morgan fingerprint density at radius 3 is 2.83 bits per heavy atom. The largest absolute Gasteiger partial charge is 0.311 e. The molecule has 3 aromatic rings. The summed E-state index contributed by atoms with van der Waals surface area (Å²) in [5.41, 5.74) is 2.00. The van der Waals surface area contributed by atoms with Crippen molar-refractivity contribution >= 4 is 22.8 Å². The van der Waals surface area contributed by atoms with Crippen molar-refractivity contribution in [2.45, 2.75) is 6.54 Å². The highest BCUT2D eigenvalue weighted by Gasteiger charge is 2.07. The van der Waals surface area contributed by atoms with Crippen LogP contribution in [0.4, 0.5) is 4.39 Å². The minimum absolute atomic E-state index is 0.235. The first-order chi connectivity index (χ1) is 8.74. The maximum absolute atomic E-state index is 13.6. The van der Waals surface area contributed by atoms with E-state index in [2.05, 4.69) is 9.97 Å². The molecule has 0 amide bonds. The first kappa shape index (κ1) is 11.2. The molecule has 2 heterocycles. The Kier molecular flexibility index (Phi) is 2.72. The lowest BCUT2D eigenvalue weighted by Crippen LogP contribution is -2.01. The second-order valence-corrected chi connectivity index (χ2v) is 4.33. The number of pyridine rings is 1. The number of hydrogen-bond donors (Lipinski definition) is 0. The Morgan fingerprint density at radius 1 is 1.17 bits per heavy atom. The Morgan fingerprint density at radius 2 is 2.00 bits per heavy atom. The van der Waals surface area contributed by atoms with Crippen molar-refractivity contribution in [1.29, 1.82) is 0 Å².